The smallest absolute Gasteiger partial charge is 0.276 e. The van der Waals surface area contributed by atoms with Crippen LogP contribution in [0.4, 0.5) is 0 Å². The molecule has 0 saturated heterocycles. The van der Waals surface area contributed by atoms with Gasteiger partial charge in [0.1, 0.15) is 5.75 Å². The van der Waals surface area contributed by atoms with Crippen molar-refractivity contribution >= 4 is 29.1 Å². The van der Waals surface area contributed by atoms with Crippen LogP contribution in [0.3, 0.4) is 0 Å². The maximum atomic E-state index is 11.7. The standard InChI is InChI=1S/C15H22N4O3S/c1-10(2)7-8-17-15(23)19-18-13(20)9-22-12-6-4-3-5-11(12)14(16)21/h3-6,10H,7-9H2,1-2H3,(H2,16,21)(H,18,20)(H2,17,19,23). The third kappa shape index (κ3) is 7.46. The molecular weight excluding hydrogens is 316 g/mol. The van der Waals surface area contributed by atoms with Crippen LogP contribution < -0.4 is 26.6 Å². The molecule has 0 aliphatic carbocycles. The topological polar surface area (TPSA) is 105 Å². The second-order valence-electron chi connectivity index (χ2n) is 5.26. The first-order valence-corrected chi connectivity index (χ1v) is 7.65. The molecule has 8 heteroatoms. The molecule has 23 heavy (non-hydrogen) atoms. The number of hydrazine groups is 1. The number of para-hydroxylation sites is 1. The zero-order valence-corrected chi connectivity index (χ0v) is 14.0. The minimum absolute atomic E-state index is 0.221. The van der Waals surface area contributed by atoms with Gasteiger partial charge < -0.3 is 15.8 Å². The molecule has 2 amide bonds. The lowest BCUT2D eigenvalue weighted by Gasteiger charge is -2.13. The van der Waals surface area contributed by atoms with E-state index >= 15 is 0 Å². The molecule has 0 atom stereocenters. The molecule has 5 N–H and O–H groups in total. The first-order chi connectivity index (χ1) is 10.9. The predicted molar refractivity (Wildman–Crippen MR) is 91.8 cm³/mol. The van der Waals surface area contributed by atoms with Crippen molar-refractivity contribution < 1.29 is 14.3 Å². The molecule has 1 aromatic rings. The Morgan fingerprint density at radius 3 is 2.61 bits per heavy atom. The van der Waals surface area contributed by atoms with Crippen LogP contribution in [0.15, 0.2) is 24.3 Å². The second-order valence-corrected chi connectivity index (χ2v) is 5.67. The summed E-state index contributed by atoms with van der Waals surface area (Å²) in [5.74, 6) is -0.224. The number of nitrogens with one attached hydrogen (secondary N) is 3. The highest BCUT2D eigenvalue weighted by Gasteiger charge is 2.10. The molecule has 0 bridgehead atoms. The highest BCUT2D eigenvalue weighted by atomic mass is 32.1. The maximum absolute atomic E-state index is 11.7. The summed E-state index contributed by atoms with van der Waals surface area (Å²) in [6, 6.07) is 6.45. The lowest BCUT2D eigenvalue weighted by molar-refractivity contribution is -0.123. The fourth-order valence-electron chi connectivity index (χ4n) is 1.62. The highest BCUT2D eigenvalue weighted by Crippen LogP contribution is 2.16. The van der Waals surface area contributed by atoms with E-state index < -0.39 is 11.8 Å². The summed E-state index contributed by atoms with van der Waals surface area (Å²) in [6.45, 7) is 4.68. The largest absolute Gasteiger partial charge is 0.483 e. The summed E-state index contributed by atoms with van der Waals surface area (Å²) >= 11 is 5.02. The molecule has 0 aliphatic heterocycles. The highest BCUT2D eigenvalue weighted by molar-refractivity contribution is 7.80. The fourth-order valence-corrected chi connectivity index (χ4v) is 1.77. The van der Waals surface area contributed by atoms with E-state index in [0.29, 0.717) is 11.0 Å². The van der Waals surface area contributed by atoms with Crippen LogP contribution in [0.25, 0.3) is 0 Å². The van der Waals surface area contributed by atoms with Gasteiger partial charge >= 0.3 is 0 Å². The van der Waals surface area contributed by atoms with Crippen molar-refractivity contribution in [3.63, 3.8) is 0 Å². The molecule has 7 nitrogen and oxygen atoms in total. The number of hydrogen-bond donors (Lipinski definition) is 4. The van der Waals surface area contributed by atoms with Crippen molar-refractivity contribution in [2.75, 3.05) is 13.2 Å². The van der Waals surface area contributed by atoms with Crippen LogP contribution in [0.2, 0.25) is 0 Å². The van der Waals surface area contributed by atoms with Crippen molar-refractivity contribution in [3.8, 4) is 5.75 Å². The molecule has 0 radical (unpaired) electrons. The third-order valence-electron chi connectivity index (χ3n) is 2.83. The van der Waals surface area contributed by atoms with Crippen LogP contribution in [0, 0.1) is 5.92 Å². The van der Waals surface area contributed by atoms with Gasteiger partial charge in [-0.2, -0.15) is 0 Å². The molecule has 126 valence electrons. The molecule has 0 heterocycles. The first-order valence-electron chi connectivity index (χ1n) is 7.24. The van der Waals surface area contributed by atoms with E-state index in [-0.39, 0.29) is 17.9 Å². The minimum Gasteiger partial charge on any atom is -0.483 e. The van der Waals surface area contributed by atoms with Gasteiger partial charge in [-0.3, -0.25) is 20.4 Å². The van der Waals surface area contributed by atoms with Gasteiger partial charge in [0.05, 0.1) is 5.56 Å². The van der Waals surface area contributed by atoms with Gasteiger partial charge in [0.15, 0.2) is 11.7 Å². The summed E-state index contributed by atoms with van der Waals surface area (Å²) in [4.78, 5) is 22.9. The van der Waals surface area contributed by atoms with E-state index in [2.05, 4.69) is 30.0 Å². The summed E-state index contributed by atoms with van der Waals surface area (Å²) in [5, 5.41) is 3.30. The summed E-state index contributed by atoms with van der Waals surface area (Å²) < 4.78 is 5.29. The Bertz CT molecular complexity index is 563. The Morgan fingerprint density at radius 2 is 1.96 bits per heavy atom. The molecule has 0 aliphatic rings. The van der Waals surface area contributed by atoms with Crippen LogP contribution in [-0.2, 0) is 4.79 Å². The zero-order chi connectivity index (χ0) is 17.2. The van der Waals surface area contributed by atoms with Crippen molar-refractivity contribution in [3.05, 3.63) is 29.8 Å². The van der Waals surface area contributed by atoms with E-state index in [9.17, 15) is 9.59 Å². The van der Waals surface area contributed by atoms with E-state index in [1.807, 2.05) is 0 Å². The van der Waals surface area contributed by atoms with Gasteiger partial charge in [-0.25, -0.2) is 0 Å². The first kappa shape index (κ1) is 18.7. The Morgan fingerprint density at radius 1 is 1.26 bits per heavy atom. The lowest BCUT2D eigenvalue weighted by atomic mass is 10.1. The van der Waals surface area contributed by atoms with Crippen molar-refractivity contribution in [1.29, 1.82) is 0 Å². The van der Waals surface area contributed by atoms with Crippen LogP contribution in [0.5, 0.6) is 5.75 Å². The second kappa shape index (κ2) is 9.62. The van der Waals surface area contributed by atoms with Crippen LogP contribution >= 0.6 is 12.2 Å². The Labute approximate surface area is 140 Å². The lowest BCUT2D eigenvalue weighted by Crippen LogP contribution is -2.48. The maximum Gasteiger partial charge on any atom is 0.276 e. The third-order valence-corrected chi connectivity index (χ3v) is 3.08. The summed E-state index contributed by atoms with van der Waals surface area (Å²) in [5.41, 5.74) is 10.4. The van der Waals surface area contributed by atoms with Crippen molar-refractivity contribution in [2.24, 2.45) is 11.7 Å². The van der Waals surface area contributed by atoms with E-state index in [1.54, 1.807) is 18.2 Å². The number of ether oxygens (including phenoxy) is 1. The molecule has 0 aromatic heterocycles. The molecule has 0 unspecified atom stereocenters. The molecule has 0 spiro atoms. The number of carbonyl (C=O) groups is 2. The molecule has 1 rings (SSSR count). The number of benzene rings is 1. The van der Waals surface area contributed by atoms with E-state index in [1.165, 1.54) is 6.07 Å². The minimum atomic E-state index is -0.616. The van der Waals surface area contributed by atoms with Crippen LogP contribution in [-0.4, -0.2) is 30.1 Å². The number of amides is 2. The van der Waals surface area contributed by atoms with E-state index in [0.717, 1.165) is 13.0 Å². The van der Waals surface area contributed by atoms with Gasteiger partial charge in [-0.05, 0) is 36.7 Å². The van der Waals surface area contributed by atoms with Crippen molar-refractivity contribution in [1.82, 2.24) is 16.2 Å². The molecule has 0 saturated carbocycles. The number of nitrogens with two attached hydrogens (primary N) is 1. The van der Waals surface area contributed by atoms with Gasteiger partial charge in [0.25, 0.3) is 11.8 Å². The van der Waals surface area contributed by atoms with Crippen molar-refractivity contribution in [2.45, 2.75) is 20.3 Å². The molecule has 0 fully saturated rings. The molecular formula is C15H22N4O3S. The predicted octanol–water partition coefficient (Wildman–Crippen LogP) is 0.706. The monoisotopic (exact) mass is 338 g/mol. The Kier molecular flexibility index (Phi) is 7.82. The fraction of sp³-hybridized carbons (Fsp3) is 0.400. The van der Waals surface area contributed by atoms with Gasteiger partial charge in [0, 0.05) is 6.54 Å². The van der Waals surface area contributed by atoms with E-state index in [4.69, 9.17) is 22.7 Å². The molecule has 1 aromatic carbocycles. The van der Waals surface area contributed by atoms with Gasteiger partial charge in [-0.15, -0.1) is 0 Å². The summed E-state index contributed by atoms with van der Waals surface area (Å²) in [7, 11) is 0. The average Bonchev–Trinajstić information content (AvgIpc) is 2.50. The number of primary amides is 1. The summed E-state index contributed by atoms with van der Waals surface area (Å²) in [6.07, 6.45) is 0.975. The SMILES string of the molecule is CC(C)CCNC(=S)NNC(=O)COc1ccccc1C(N)=O. The number of rotatable bonds is 7. The average molecular weight is 338 g/mol. The Hall–Kier alpha value is -2.35. The van der Waals surface area contributed by atoms with Gasteiger partial charge in [0.2, 0.25) is 0 Å². The zero-order valence-electron chi connectivity index (χ0n) is 13.2. The number of thiocarbonyl (C=S) groups is 1. The van der Waals surface area contributed by atoms with Gasteiger partial charge in [-0.1, -0.05) is 26.0 Å². The number of carbonyl (C=O) groups excluding carboxylic acids is 2. The Balaban J connectivity index is 2.32. The van der Waals surface area contributed by atoms with Crippen LogP contribution in [0.1, 0.15) is 30.6 Å². The normalized spacial score (nSPS) is 10.0. The number of hydrogen-bond acceptors (Lipinski definition) is 4. The quantitative estimate of drug-likeness (QED) is 0.431.